The van der Waals surface area contributed by atoms with Crippen LogP contribution in [0.3, 0.4) is 0 Å². The number of rotatable bonds is 2. The molecule has 4 nitrogen and oxygen atoms in total. The Morgan fingerprint density at radius 2 is 2.14 bits per heavy atom. The van der Waals surface area contributed by atoms with Gasteiger partial charge in [-0.1, -0.05) is 0 Å². The molecule has 0 spiro atoms. The van der Waals surface area contributed by atoms with Gasteiger partial charge < -0.3 is 0 Å². The Kier molecular flexibility index (Phi) is 2.46. The number of aryl methyl sites for hydroxylation is 1. The van der Waals surface area contributed by atoms with Crippen LogP contribution in [0.4, 0.5) is 14.5 Å². The van der Waals surface area contributed by atoms with Gasteiger partial charge in [0.1, 0.15) is 0 Å². The van der Waals surface area contributed by atoms with Crippen LogP contribution in [0.2, 0.25) is 0 Å². The van der Waals surface area contributed by atoms with E-state index >= 15 is 0 Å². The third-order valence-electron chi connectivity index (χ3n) is 1.72. The summed E-state index contributed by atoms with van der Waals surface area (Å²) >= 11 is 0. The lowest BCUT2D eigenvalue weighted by Gasteiger charge is -2.10. The van der Waals surface area contributed by atoms with E-state index in [1.165, 1.54) is 13.0 Å². The predicted molar refractivity (Wildman–Crippen MR) is 45.2 cm³/mol. The van der Waals surface area contributed by atoms with Gasteiger partial charge in [0.2, 0.25) is 0 Å². The Labute approximate surface area is 78.7 Å². The van der Waals surface area contributed by atoms with Crippen molar-refractivity contribution in [2.45, 2.75) is 19.8 Å². The van der Waals surface area contributed by atoms with Crippen molar-refractivity contribution in [2.75, 3.05) is 0 Å². The number of halogens is 2. The minimum atomic E-state index is -3.30. The number of nitrogens with zero attached hydrogens (tertiary/aromatic N) is 2. The summed E-state index contributed by atoms with van der Waals surface area (Å²) in [6.07, 6.45) is 1.13. The number of nitro groups is 1. The fraction of sp³-hybridized carbons (Fsp3) is 0.375. The van der Waals surface area contributed by atoms with Gasteiger partial charge in [-0.2, -0.15) is 8.78 Å². The summed E-state index contributed by atoms with van der Waals surface area (Å²) in [4.78, 5) is 13.0. The van der Waals surface area contributed by atoms with Crippen LogP contribution in [0.15, 0.2) is 12.3 Å². The van der Waals surface area contributed by atoms with Gasteiger partial charge >= 0.3 is 0 Å². The SMILES string of the molecule is Cc1ccnc(C(C)(F)F)c1[N+](=O)[O-]. The smallest absolute Gasteiger partial charge is 0.258 e. The molecule has 1 aromatic heterocycles. The number of aromatic nitrogens is 1. The average Bonchev–Trinajstić information content (AvgIpc) is 2.01. The zero-order valence-electron chi connectivity index (χ0n) is 7.62. The topological polar surface area (TPSA) is 56.0 Å². The summed E-state index contributed by atoms with van der Waals surface area (Å²) in [6.45, 7) is 1.98. The average molecular weight is 202 g/mol. The van der Waals surface area contributed by atoms with E-state index in [1.54, 1.807) is 0 Å². The highest BCUT2D eigenvalue weighted by Crippen LogP contribution is 2.33. The number of alkyl halides is 2. The second-order valence-corrected chi connectivity index (χ2v) is 2.97. The summed E-state index contributed by atoms with van der Waals surface area (Å²) in [5.74, 6) is -3.30. The molecule has 0 aliphatic carbocycles. The molecule has 6 heteroatoms. The van der Waals surface area contributed by atoms with Gasteiger partial charge in [-0.15, -0.1) is 0 Å². The van der Waals surface area contributed by atoms with Crippen molar-refractivity contribution in [3.8, 4) is 0 Å². The molecule has 0 aromatic carbocycles. The van der Waals surface area contributed by atoms with Crippen LogP contribution >= 0.6 is 0 Å². The Balaban J connectivity index is 3.44. The van der Waals surface area contributed by atoms with Gasteiger partial charge in [0, 0.05) is 18.7 Å². The molecule has 0 atom stereocenters. The Morgan fingerprint density at radius 3 is 2.50 bits per heavy atom. The van der Waals surface area contributed by atoms with Crippen LogP contribution in [0, 0.1) is 17.0 Å². The summed E-state index contributed by atoms with van der Waals surface area (Å²) in [5, 5.41) is 10.5. The van der Waals surface area contributed by atoms with Gasteiger partial charge in [-0.05, 0) is 13.0 Å². The van der Waals surface area contributed by atoms with Crippen LogP contribution in [-0.2, 0) is 5.92 Å². The first-order valence-corrected chi connectivity index (χ1v) is 3.82. The van der Waals surface area contributed by atoms with Crippen molar-refractivity contribution in [1.29, 1.82) is 0 Å². The standard InChI is InChI=1S/C8H8F2N2O2/c1-5-3-4-11-7(8(2,9)10)6(5)12(13)14/h3-4H,1-2H3. The first kappa shape index (κ1) is 10.5. The van der Waals surface area contributed by atoms with Crippen LogP contribution in [0.25, 0.3) is 0 Å². The Bertz CT molecular complexity index is 374. The molecule has 0 N–H and O–H groups in total. The second kappa shape index (κ2) is 3.28. The highest BCUT2D eigenvalue weighted by Gasteiger charge is 2.35. The first-order valence-electron chi connectivity index (χ1n) is 3.82. The van der Waals surface area contributed by atoms with E-state index in [4.69, 9.17) is 0 Å². The van der Waals surface area contributed by atoms with Crippen molar-refractivity contribution < 1.29 is 13.7 Å². The molecule has 0 unspecified atom stereocenters. The molecule has 0 radical (unpaired) electrons. The largest absolute Gasteiger partial charge is 0.299 e. The van der Waals surface area contributed by atoms with E-state index in [-0.39, 0.29) is 5.56 Å². The third kappa shape index (κ3) is 1.84. The molecule has 0 aliphatic rings. The van der Waals surface area contributed by atoms with Crippen molar-refractivity contribution in [2.24, 2.45) is 0 Å². The number of hydrogen-bond acceptors (Lipinski definition) is 3. The predicted octanol–water partition coefficient (Wildman–Crippen LogP) is 2.41. The van der Waals surface area contributed by atoms with E-state index in [0.29, 0.717) is 6.92 Å². The monoisotopic (exact) mass is 202 g/mol. The highest BCUT2D eigenvalue weighted by molar-refractivity contribution is 5.44. The third-order valence-corrected chi connectivity index (χ3v) is 1.72. The van der Waals surface area contributed by atoms with Gasteiger partial charge in [0.05, 0.1) is 4.92 Å². The van der Waals surface area contributed by atoms with E-state index in [2.05, 4.69) is 4.98 Å². The van der Waals surface area contributed by atoms with Gasteiger partial charge in [0.15, 0.2) is 5.69 Å². The van der Waals surface area contributed by atoms with Crippen molar-refractivity contribution in [3.05, 3.63) is 33.6 Å². The minimum Gasteiger partial charge on any atom is -0.258 e. The molecule has 0 saturated heterocycles. The van der Waals surface area contributed by atoms with Crippen molar-refractivity contribution in [1.82, 2.24) is 4.98 Å². The summed E-state index contributed by atoms with van der Waals surface area (Å²) in [6, 6.07) is 1.33. The Morgan fingerprint density at radius 1 is 1.57 bits per heavy atom. The lowest BCUT2D eigenvalue weighted by Crippen LogP contribution is -2.13. The zero-order chi connectivity index (χ0) is 10.9. The van der Waals surface area contributed by atoms with E-state index in [1.807, 2.05) is 0 Å². The number of pyridine rings is 1. The van der Waals surface area contributed by atoms with Crippen molar-refractivity contribution in [3.63, 3.8) is 0 Å². The molecule has 0 fully saturated rings. The molecular formula is C8H8F2N2O2. The summed E-state index contributed by atoms with van der Waals surface area (Å²) < 4.78 is 25.8. The van der Waals surface area contributed by atoms with Crippen LogP contribution in [0.1, 0.15) is 18.2 Å². The van der Waals surface area contributed by atoms with Gasteiger partial charge in [-0.3, -0.25) is 10.1 Å². The van der Waals surface area contributed by atoms with E-state index in [9.17, 15) is 18.9 Å². The van der Waals surface area contributed by atoms with E-state index < -0.39 is 22.2 Å². The van der Waals surface area contributed by atoms with Crippen LogP contribution in [0.5, 0.6) is 0 Å². The number of hydrogen-bond donors (Lipinski definition) is 0. The van der Waals surface area contributed by atoms with Gasteiger partial charge in [-0.25, -0.2) is 4.98 Å². The molecule has 1 rings (SSSR count). The lowest BCUT2D eigenvalue weighted by molar-refractivity contribution is -0.387. The quantitative estimate of drug-likeness (QED) is 0.546. The molecule has 0 bridgehead atoms. The fourth-order valence-corrected chi connectivity index (χ4v) is 1.10. The molecule has 0 aliphatic heterocycles. The molecule has 1 heterocycles. The normalized spacial score (nSPS) is 11.4. The van der Waals surface area contributed by atoms with Gasteiger partial charge in [0.25, 0.3) is 11.6 Å². The minimum absolute atomic E-state index is 0.182. The second-order valence-electron chi connectivity index (χ2n) is 2.97. The zero-order valence-corrected chi connectivity index (χ0v) is 7.62. The summed E-state index contributed by atoms with van der Waals surface area (Å²) in [5.41, 5.74) is -1.22. The highest BCUT2D eigenvalue weighted by atomic mass is 19.3. The van der Waals surface area contributed by atoms with E-state index in [0.717, 1.165) is 6.20 Å². The molecule has 0 amide bonds. The summed E-state index contributed by atoms with van der Waals surface area (Å²) in [7, 11) is 0. The molecule has 0 saturated carbocycles. The molecule has 1 aromatic rings. The maximum atomic E-state index is 12.9. The Hall–Kier alpha value is -1.59. The van der Waals surface area contributed by atoms with Crippen molar-refractivity contribution >= 4 is 5.69 Å². The van der Waals surface area contributed by atoms with Crippen LogP contribution in [-0.4, -0.2) is 9.91 Å². The van der Waals surface area contributed by atoms with Crippen LogP contribution < -0.4 is 0 Å². The maximum absolute atomic E-state index is 12.9. The lowest BCUT2D eigenvalue weighted by atomic mass is 10.1. The molecule has 14 heavy (non-hydrogen) atoms. The maximum Gasteiger partial charge on any atom is 0.299 e. The molecular weight excluding hydrogens is 194 g/mol. The first-order chi connectivity index (χ1) is 6.34. The fourth-order valence-electron chi connectivity index (χ4n) is 1.10. The molecule has 76 valence electrons.